The van der Waals surface area contributed by atoms with Crippen molar-refractivity contribution < 1.29 is 23.5 Å². The summed E-state index contributed by atoms with van der Waals surface area (Å²) in [6.07, 6.45) is 0. The smallest absolute Gasteiger partial charge is 0.374 e. The molecule has 6 nitrogen and oxygen atoms in total. The number of carbonyl (C=O) groups excluding carboxylic acids is 2. The van der Waals surface area contributed by atoms with Crippen LogP contribution >= 0.6 is 0 Å². The first-order valence-electron chi connectivity index (χ1n) is 7.21. The molecule has 0 saturated heterocycles. The molecule has 0 unspecified atom stereocenters. The molecule has 1 aromatic heterocycles. The van der Waals surface area contributed by atoms with Crippen LogP contribution in [0.2, 0.25) is 0 Å². The molecule has 0 spiro atoms. The van der Waals surface area contributed by atoms with Crippen molar-refractivity contribution >= 4 is 22.9 Å². The van der Waals surface area contributed by atoms with E-state index < -0.39 is 5.97 Å². The van der Waals surface area contributed by atoms with E-state index in [9.17, 15) is 9.59 Å². The molecule has 1 heterocycles. The van der Waals surface area contributed by atoms with Gasteiger partial charge in [-0.05, 0) is 19.9 Å². The van der Waals surface area contributed by atoms with Gasteiger partial charge in [0.1, 0.15) is 5.58 Å². The monoisotopic (exact) mass is 305 g/mol. The summed E-state index contributed by atoms with van der Waals surface area (Å²) in [4.78, 5) is 23.4. The first-order chi connectivity index (χ1) is 10.7. The molecule has 22 heavy (non-hydrogen) atoms. The summed E-state index contributed by atoms with van der Waals surface area (Å²) in [5.74, 6) is -0.681. The van der Waals surface area contributed by atoms with Gasteiger partial charge in [-0.25, -0.2) is 4.79 Å². The van der Waals surface area contributed by atoms with Crippen LogP contribution < -0.4 is 5.32 Å². The molecule has 1 aromatic carbocycles. The molecule has 2 rings (SSSR count). The van der Waals surface area contributed by atoms with Gasteiger partial charge in [0.25, 0.3) is 0 Å². The molecule has 1 N–H and O–H groups in total. The Bertz CT molecular complexity index is 662. The lowest BCUT2D eigenvalue weighted by Gasteiger charge is -2.05. The topological polar surface area (TPSA) is 77.8 Å². The van der Waals surface area contributed by atoms with Gasteiger partial charge in [0.05, 0.1) is 19.8 Å². The number of furan rings is 1. The predicted octanol–water partition coefficient (Wildman–Crippen LogP) is 2.26. The molecule has 118 valence electrons. The summed E-state index contributed by atoms with van der Waals surface area (Å²) < 4.78 is 15.4. The Morgan fingerprint density at radius 2 is 1.86 bits per heavy atom. The third-order valence-electron chi connectivity index (χ3n) is 3.04. The minimum absolute atomic E-state index is 0.0651. The van der Waals surface area contributed by atoms with Gasteiger partial charge in [-0.3, -0.25) is 4.79 Å². The van der Waals surface area contributed by atoms with E-state index in [0.717, 1.165) is 5.39 Å². The molecule has 0 aliphatic carbocycles. The molecule has 0 aliphatic heterocycles. The first kappa shape index (κ1) is 16.0. The third-order valence-corrected chi connectivity index (χ3v) is 3.04. The second-order valence-electron chi connectivity index (χ2n) is 4.53. The van der Waals surface area contributed by atoms with E-state index in [2.05, 4.69) is 5.32 Å². The van der Waals surface area contributed by atoms with E-state index in [-0.39, 0.29) is 24.9 Å². The zero-order valence-electron chi connectivity index (χ0n) is 12.7. The molecule has 0 aliphatic rings. The summed E-state index contributed by atoms with van der Waals surface area (Å²) in [7, 11) is 0. The minimum atomic E-state index is -0.508. The number of benzene rings is 1. The van der Waals surface area contributed by atoms with Crippen LogP contribution in [0.3, 0.4) is 0 Å². The number of fused-ring (bicyclic) bond motifs is 1. The number of rotatable bonds is 7. The Morgan fingerprint density at radius 3 is 2.59 bits per heavy atom. The number of hydrogen-bond donors (Lipinski definition) is 1. The summed E-state index contributed by atoms with van der Waals surface area (Å²) in [6.45, 7) is 4.47. The standard InChI is InChI=1S/C16H19NO5/c1-3-20-14(18)10-17-9-12-11-7-5-6-8-13(11)22-15(12)16(19)21-4-2/h5-8,17H,3-4,9-10H2,1-2H3. The molecule has 0 bridgehead atoms. The summed E-state index contributed by atoms with van der Waals surface area (Å²) in [5.41, 5.74) is 1.29. The lowest BCUT2D eigenvalue weighted by molar-refractivity contribution is -0.142. The number of carbonyl (C=O) groups is 2. The molecule has 0 atom stereocenters. The Balaban J connectivity index is 2.20. The number of nitrogens with one attached hydrogen (secondary N) is 1. The van der Waals surface area contributed by atoms with Crippen LogP contribution in [0.1, 0.15) is 30.0 Å². The van der Waals surface area contributed by atoms with E-state index in [0.29, 0.717) is 24.3 Å². The quantitative estimate of drug-likeness (QED) is 0.791. The van der Waals surface area contributed by atoms with Crippen molar-refractivity contribution in [1.82, 2.24) is 5.32 Å². The number of ether oxygens (including phenoxy) is 2. The van der Waals surface area contributed by atoms with Crippen LogP contribution in [0.25, 0.3) is 11.0 Å². The van der Waals surface area contributed by atoms with Crippen molar-refractivity contribution in [2.75, 3.05) is 19.8 Å². The maximum atomic E-state index is 12.0. The van der Waals surface area contributed by atoms with E-state index >= 15 is 0 Å². The van der Waals surface area contributed by atoms with Crippen LogP contribution in [0.15, 0.2) is 28.7 Å². The zero-order chi connectivity index (χ0) is 15.9. The highest BCUT2D eigenvalue weighted by Gasteiger charge is 2.21. The van der Waals surface area contributed by atoms with Gasteiger partial charge in [-0.1, -0.05) is 18.2 Å². The van der Waals surface area contributed by atoms with Gasteiger partial charge in [0.15, 0.2) is 0 Å². The Labute approximate surface area is 128 Å². The van der Waals surface area contributed by atoms with Gasteiger partial charge in [-0.2, -0.15) is 0 Å². The second kappa shape index (κ2) is 7.61. The summed E-state index contributed by atoms with van der Waals surface area (Å²) in [5, 5.41) is 3.78. The summed E-state index contributed by atoms with van der Waals surface area (Å²) in [6, 6.07) is 7.34. The maximum absolute atomic E-state index is 12.0. The largest absolute Gasteiger partial charge is 0.465 e. The van der Waals surface area contributed by atoms with Crippen molar-refractivity contribution in [1.29, 1.82) is 0 Å². The molecule has 0 amide bonds. The van der Waals surface area contributed by atoms with Crippen molar-refractivity contribution in [3.63, 3.8) is 0 Å². The Morgan fingerprint density at radius 1 is 1.14 bits per heavy atom. The fourth-order valence-corrected chi connectivity index (χ4v) is 2.14. The zero-order valence-corrected chi connectivity index (χ0v) is 12.7. The molecule has 0 saturated carbocycles. The molecular weight excluding hydrogens is 286 g/mol. The highest BCUT2D eigenvalue weighted by atomic mass is 16.5. The third kappa shape index (κ3) is 3.65. The Kier molecular flexibility index (Phi) is 5.55. The van der Waals surface area contributed by atoms with Crippen molar-refractivity contribution in [2.45, 2.75) is 20.4 Å². The summed E-state index contributed by atoms with van der Waals surface area (Å²) >= 11 is 0. The number of para-hydroxylation sites is 1. The van der Waals surface area contributed by atoms with Crippen LogP contribution in [0, 0.1) is 0 Å². The highest BCUT2D eigenvalue weighted by Crippen LogP contribution is 2.26. The number of esters is 2. The SMILES string of the molecule is CCOC(=O)CNCc1c(C(=O)OCC)oc2ccccc12. The van der Waals surface area contributed by atoms with Crippen molar-refractivity contribution in [2.24, 2.45) is 0 Å². The van der Waals surface area contributed by atoms with Gasteiger partial charge in [0, 0.05) is 17.5 Å². The van der Waals surface area contributed by atoms with E-state index in [1.165, 1.54) is 0 Å². The van der Waals surface area contributed by atoms with E-state index in [1.807, 2.05) is 18.2 Å². The van der Waals surface area contributed by atoms with E-state index in [1.54, 1.807) is 19.9 Å². The first-order valence-corrected chi connectivity index (χ1v) is 7.21. The van der Waals surface area contributed by atoms with Gasteiger partial charge < -0.3 is 19.2 Å². The Hall–Kier alpha value is -2.34. The average Bonchev–Trinajstić information content (AvgIpc) is 2.87. The molecule has 0 fully saturated rings. The second-order valence-corrected chi connectivity index (χ2v) is 4.53. The average molecular weight is 305 g/mol. The predicted molar refractivity (Wildman–Crippen MR) is 80.5 cm³/mol. The van der Waals surface area contributed by atoms with Crippen molar-refractivity contribution in [3.05, 3.63) is 35.6 Å². The molecular formula is C16H19NO5. The maximum Gasteiger partial charge on any atom is 0.374 e. The normalized spacial score (nSPS) is 10.6. The number of hydrogen-bond acceptors (Lipinski definition) is 6. The lowest BCUT2D eigenvalue weighted by atomic mass is 10.1. The fraction of sp³-hybridized carbons (Fsp3) is 0.375. The molecule has 2 aromatic rings. The van der Waals surface area contributed by atoms with Crippen molar-refractivity contribution in [3.8, 4) is 0 Å². The van der Waals surface area contributed by atoms with Crippen LogP contribution in [-0.2, 0) is 20.8 Å². The van der Waals surface area contributed by atoms with Gasteiger partial charge in [-0.15, -0.1) is 0 Å². The van der Waals surface area contributed by atoms with Gasteiger partial charge in [0.2, 0.25) is 5.76 Å². The van der Waals surface area contributed by atoms with Crippen LogP contribution in [-0.4, -0.2) is 31.7 Å². The van der Waals surface area contributed by atoms with Gasteiger partial charge >= 0.3 is 11.9 Å². The minimum Gasteiger partial charge on any atom is -0.465 e. The molecule has 0 radical (unpaired) electrons. The fourth-order valence-electron chi connectivity index (χ4n) is 2.14. The lowest BCUT2D eigenvalue weighted by Crippen LogP contribution is -2.25. The highest BCUT2D eigenvalue weighted by molar-refractivity contribution is 5.96. The van der Waals surface area contributed by atoms with Crippen LogP contribution in [0.4, 0.5) is 0 Å². The molecule has 6 heteroatoms. The van der Waals surface area contributed by atoms with E-state index in [4.69, 9.17) is 13.9 Å². The van der Waals surface area contributed by atoms with Crippen LogP contribution in [0.5, 0.6) is 0 Å².